The number of hydrogen-bond donors (Lipinski definition) is 1. The van der Waals surface area contributed by atoms with Gasteiger partial charge in [-0.3, -0.25) is 0 Å². The Bertz CT molecular complexity index is 1500. The number of rotatable bonds is 11. The fourth-order valence-electron chi connectivity index (χ4n) is 6.10. The summed E-state index contributed by atoms with van der Waals surface area (Å²) in [6, 6.07) is 25.5. The molecule has 212 valence electrons. The first-order chi connectivity index (χ1) is 20.0. The fraction of sp³-hybridized carbons (Fsp3) is 0.364. The Kier molecular flexibility index (Phi) is 8.85. The zero-order valence-electron chi connectivity index (χ0n) is 23.4. The highest BCUT2D eigenvalue weighted by Gasteiger charge is 2.38. The smallest absolute Gasteiger partial charge is 0.407 e. The lowest BCUT2D eigenvalue weighted by Gasteiger charge is -2.42. The lowest BCUT2D eigenvalue weighted by atomic mass is 9.69. The van der Waals surface area contributed by atoms with E-state index in [4.69, 9.17) is 9.47 Å². The lowest BCUT2D eigenvalue weighted by molar-refractivity contribution is -0.0166. The molecule has 1 N–H and O–H groups in total. The number of benzene rings is 3. The summed E-state index contributed by atoms with van der Waals surface area (Å²) in [5.74, 6) is 0.944. The molecule has 2 unspecified atom stereocenters. The third kappa shape index (κ3) is 7.05. The van der Waals surface area contributed by atoms with E-state index in [1.165, 1.54) is 4.90 Å². The summed E-state index contributed by atoms with van der Waals surface area (Å²) in [7, 11) is 1.62. The van der Waals surface area contributed by atoms with Gasteiger partial charge in [-0.1, -0.05) is 48.9 Å². The Balaban J connectivity index is 1.35. The van der Waals surface area contributed by atoms with Crippen LogP contribution in [0.25, 0.3) is 11.0 Å². The van der Waals surface area contributed by atoms with Gasteiger partial charge in [-0.25, -0.2) is 9.78 Å². The number of carbonyl (C=O) groups is 1. The molecular weight excluding hydrogens is 516 g/mol. The number of methoxy groups -OCH3 is 1. The third-order valence-corrected chi connectivity index (χ3v) is 8.10. The summed E-state index contributed by atoms with van der Waals surface area (Å²) >= 11 is 0. The molecule has 1 heterocycles. The van der Waals surface area contributed by atoms with E-state index in [2.05, 4.69) is 27.8 Å². The SMILES string of the molecule is COc1ccc(CN(CC2CCCC(COCc3ccccc3)(Cn3cnc4ccc(C#N)cc43)C2)C(=O)O)cc1. The Morgan fingerprint density at radius 2 is 1.95 bits per heavy atom. The molecule has 0 spiro atoms. The number of ether oxygens (including phenoxy) is 2. The minimum absolute atomic E-state index is 0.196. The van der Waals surface area contributed by atoms with Crippen molar-refractivity contribution < 1.29 is 19.4 Å². The predicted molar refractivity (Wildman–Crippen MR) is 156 cm³/mol. The number of nitriles is 1. The standard InChI is InChI=1S/C33H36N4O4/c1-40-29-12-9-25(10-13-29)19-36(32(38)39)20-28-8-5-15-33(17-28,23-41-21-26-6-3-2-4-7-26)22-37-24-35-30-14-11-27(18-34)16-31(30)37/h2-4,6-7,9-14,16,24,28H,5,8,15,17,19-23H2,1H3,(H,38,39). The Labute approximate surface area is 240 Å². The Hall–Kier alpha value is -4.35. The van der Waals surface area contributed by atoms with Crippen molar-refractivity contribution in [3.8, 4) is 11.8 Å². The lowest BCUT2D eigenvalue weighted by Crippen LogP contribution is -2.42. The van der Waals surface area contributed by atoms with Crippen LogP contribution in [0.5, 0.6) is 5.75 Å². The van der Waals surface area contributed by atoms with E-state index in [1.807, 2.05) is 60.9 Å². The van der Waals surface area contributed by atoms with E-state index in [0.717, 1.165) is 53.6 Å². The largest absolute Gasteiger partial charge is 0.497 e. The number of imidazole rings is 1. The first-order valence-electron chi connectivity index (χ1n) is 14.0. The summed E-state index contributed by atoms with van der Waals surface area (Å²) in [6.07, 6.45) is 4.71. The zero-order valence-corrected chi connectivity index (χ0v) is 23.4. The van der Waals surface area contributed by atoms with Crippen LogP contribution in [0.1, 0.15) is 42.4 Å². The molecule has 4 aromatic rings. The van der Waals surface area contributed by atoms with E-state index in [9.17, 15) is 15.2 Å². The Morgan fingerprint density at radius 1 is 1.15 bits per heavy atom. The van der Waals surface area contributed by atoms with Crippen LogP contribution in [-0.2, 0) is 24.4 Å². The van der Waals surface area contributed by atoms with Crippen LogP contribution < -0.4 is 4.74 Å². The average molecular weight is 553 g/mol. The number of nitrogens with zero attached hydrogens (tertiary/aromatic N) is 4. The van der Waals surface area contributed by atoms with Crippen LogP contribution >= 0.6 is 0 Å². The second-order valence-electron chi connectivity index (χ2n) is 11.1. The number of aromatic nitrogens is 2. The van der Waals surface area contributed by atoms with Crippen LogP contribution in [0.15, 0.2) is 79.1 Å². The van der Waals surface area contributed by atoms with Gasteiger partial charge >= 0.3 is 6.09 Å². The first-order valence-corrected chi connectivity index (χ1v) is 14.0. The van der Waals surface area contributed by atoms with Gasteiger partial charge in [-0.15, -0.1) is 0 Å². The van der Waals surface area contributed by atoms with Crippen molar-refractivity contribution in [1.82, 2.24) is 14.5 Å². The third-order valence-electron chi connectivity index (χ3n) is 8.10. The normalized spacial score (nSPS) is 18.6. The molecule has 41 heavy (non-hydrogen) atoms. The number of amides is 1. The van der Waals surface area contributed by atoms with Crippen LogP contribution in [0.4, 0.5) is 4.79 Å². The molecule has 0 aliphatic heterocycles. The van der Waals surface area contributed by atoms with E-state index in [1.54, 1.807) is 13.2 Å². The van der Waals surface area contributed by atoms with E-state index in [0.29, 0.717) is 38.4 Å². The van der Waals surface area contributed by atoms with E-state index < -0.39 is 6.09 Å². The van der Waals surface area contributed by atoms with Gasteiger partial charge in [-0.2, -0.15) is 5.26 Å². The molecule has 1 amide bonds. The molecule has 5 rings (SSSR count). The molecule has 1 fully saturated rings. The molecule has 0 bridgehead atoms. The molecule has 1 aliphatic rings. The fourth-order valence-corrected chi connectivity index (χ4v) is 6.10. The molecular formula is C33H36N4O4. The molecule has 0 radical (unpaired) electrons. The van der Waals surface area contributed by atoms with Gasteiger partial charge in [0, 0.05) is 25.0 Å². The summed E-state index contributed by atoms with van der Waals surface area (Å²) in [4.78, 5) is 18.4. The van der Waals surface area contributed by atoms with Crippen LogP contribution in [0.2, 0.25) is 0 Å². The number of carboxylic acid groups (broad SMARTS) is 1. The molecule has 1 aromatic heterocycles. The maximum atomic E-state index is 12.3. The molecule has 3 aromatic carbocycles. The number of fused-ring (bicyclic) bond motifs is 1. The highest BCUT2D eigenvalue weighted by molar-refractivity contribution is 5.77. The van der Waals surface area contributed by atoms with Gasteiger partial charge in [0.25, 0.3) is 0 Å². The molecule has 1 saturated carbocycles. The molecule has 8 heteroatoms. The van der Waals surface area contributed by atoms with Gasteiger partial charge in [0.1, 0.15) is 5.75 Å². The quantitative estimate of drug-likeness (QED) is 0.228. The zero-order chi connectivity index (χ0) is 28.7. The van der Waals surface area contributed by atoms with Gasteiger partial charge < -0.3 is 24.0 Å². The van der Waals surface area contributed by atoms with Crippen molar-refractivity contribution in [2.75, 3.05) is 20.3 Å². The monoisotopic (exact) mass is 552 g/mol. The van der Waals surface area contributed by atoms with Gasteiger partial charge in [0.15, 0.2) is 0 Å². The summed E-state index contributed by atoms with van der Waals surface area (Å²) in [5, 5.41) is 19.5. The van der Waals surface area contributed by atoms with Gasteiger partial charge in [0.05, 0.1) is 49.3 Å². The summed E-state index contributed by atoms with van der Waals surface area (Å²) in [6.45, 7) is 2.56. The minimum atomic E-state index is -0.915. The summed E-state index contributed by atoms with van der Waals surface area (Å²) < 4.78 is 13.7. The molecule has 1 aliphatic carbocycles. The van der Waals surface area contributed by atoms with Crippen LogP contribution in [-0.4, -0.2) is 45.9 Å². The van der Waals surface area contributed by atoms with Crippen molar-refractivity contribution in [3.63, 3.8) is 0 Å². The maximum Gasteiger partial charge on any atom is 0.407 e. The molecule has 2 atom stereocenters. The number of hydrogen-bond acceptors (Lipinski definition) is 5. The predicted octanol–water partition coefficient (Wildman–Crippen LogP) is 6.49. The second kappa shape index (κ2) is 12.9. The van der Waals surface area contributed by atoms with Crippen molar-refractivity contribution >= 4 is 17.1 Å². The minimum Gasteiger partial charge on any atom is -0.497 e. The molecule has 8 nitrogen and oxygen atoms in total. The first kappa shape index (κ1) is 28.2. The second-order valence-corrected chi connectivity index (χ2v) is 11.1. The topological polar surface area (TPSA) is 101 Å². The maximum absolute atomic E-state index is 12.3. The summed E-state index contributed by atoms with van der Waals surface area (Å²) in [5.41, 5.74) is 4.25. The molecule has 0 saturated heterocycles. The van der Waals surface area contributed by atoms with Crippen LogP contribution in [0.3, 0.4) is 0 Å². The highest BCUT2D eigenvalue weighted by atomic mass is 16.5. The van der Waals surface area contributed by atoms with Crippen molar-refractivity contribution in [2.24, 2.45) is 11.3 Å². The van der Waals surface area contributed by atoms with Gasteiger partial charge in [0.2, 0.25) is 0 Å². The Morgan fingerprint density at radius 3 is 2.68 bits per heavy atom. The van der Waals surface area contributed by atoms with E-state index in [-0.39, 0.29) is 11.3 Å². The van der Waals surface area contributed by atoms with E-state index >= 15 is 0 Å². The highest BCUT2D eigenvalue weighted by Crippen LogP contribution is 2.42. The van der Waals surface area contributed by atoms with Crippen molar-refractivity contribution in [2.45, 2.75) is 45.4 Å². The van der Waals surface area contributed by atoms with Crippen LogP contribution in [0, 0.1) is 22.7 Å². The van der Waals surface area contributed by atoms with Crippen molar-refractivity contribution in [1.29, 1.82) is 5.26 Å². The average Bonchev–Trinajstić information content (AvgIpc) is 3.39. The van der Waals surface area contributed by atoms with Crippen molar-refractivity contribution in [3.05, 3.63) is 95.8 Å². The van der Waals surface area contributed by atoms with Gasteiger partial charge in [-0.05, 0) is 66.6 Å².